The third-order valence-electron chi connectivity index (χ3n) is 7.02. The maximum absolute atomic E-state index is 12.2. The number of carbonyl (C=O) groups is 2. The zero-order valence-electron chi connectivity index (χ0n) is 23.9. The maximum Gasteiger partial charge on any atom is 0.251 e. The zero-order valence-corrected chi connectivity index (χ0v) is 24.7. The molecule has 1 saturated heterocycles. The summed E-state index contributed by atoms with van der Waals surface area (Å²) in [5.41, 5.74) is 3.68. The van der Waals surface area contributed by atoms with Crippen molar-refractivity contribution in [1.82, 2.24) is 10.6 Å². The van der Waals surface area contributed by atoms with Crippen molar-refractivity contribution in [3.05, 3.63) is 100 Å². The van der Waals surface area contributed by atoms with E-state index in [0.717, 1.165) is 46.2 Å². The largest absolute Gasteiger partial charge is 0.618 e. The van der Waals surface area contributed by atoms with Gasteiger partial charge in [0.1, 0.15) is 0 Å². The highest BCUT2D eigenvalue weighted by Gasteiger charge is 2.32. The lowest BCUT2D eigenvalue weighted by atomic mass is 10.0. The van der Waals surface area contributed by atoms with E-state index in [1.165, 1.54) is 24.9 Å². The summed E-state index contributed by atoms with van der Waals surface area (Å²) in [5.74, 6) is 0.564. The van der Waals surface area contributed by atoms with Gasteiger partial charge in [-0.25, -0.2) is 0 Å². The van der Waals surface area contributed by atoms with Crippen LogP contribution in [0, 0.1) is 5.21 Å². The Labute approximate surface area is 251 Å². The lowest BCUT2D eigenvalue weighted by molar-refractivity contribution is -0.645. The summed E-state index contributed by atoms with van der Waals surface area (Å²) in [6.45, 7) is 2.55. The number of rotatable bonds is 14. The van der Waals surface area contributed by atoms with E-state index in [9.17, 15) is 19.9 Å². The molecule has 2 aromatic carbocycles. The fraction of sp³-hybridized carbons (Fsp3) is 0.406. The first-order chi connectivity index (χ1) is 20.4. The number of nitrogens with one attached hydrogen (secondary N) is 2. The second-order valence-corrected chi connectivity index (χ2v) is 11.4. The molecule has 1 aromatic heterocycles. The standard InChI is InChI=1S/C32H39N3O6S/c1-23(37)33-17-5-2-3-7-30(38)34-20-24-9-15-27(16-10-24)32-40-28(22-42-31-8-4-6-18-35(31)39)19-29(41-32)26-13-11-25(21-36)12-14-26/h4,6,8-16,18,28-29,32,36H,2-3,5,7,17,19-22H2,1H3,(H,33,37)(H,34,38)/t28-,29+,32+/m0/s1. The van der Waals surface area contributed by atoms with Gasteiger partial charge in [-0.1, -0.05) is 66.7 Å². The van der Waals surface area contributed by atoms with Crippen molar-refractivity contribution in [3.8, 4) is 0 Å². The SMILES string of the molecule is CC(=O)NCCCCCC(=O)NCc1ccc([C@@H]2O[C@H](CSc3cccc[n+]3[O-])C[C@H](c3ccc(CO)cc3)O2)cc1. The summed E-state index contributed by atoms with van der Waals surface area (Å²) in [6, 6.07) is 20.9. The molecule has 0 saturated carbocycles. The van der Waals surface area contributed by atoms with Gasteiger partial charge in [-0.3, -0.25) is 9.59 Å². The molecule has 2 amide bonds. The van der Waals surface area contributed by atoms with Crippen molar-refractivity contribution in [2.24, 2.45) is 0 Å². The molecule has 3 aromatic rings. The first kappa shape index (κ1) is 31.5. The number of aliphatic hydroxyl groups excluding tert-OH is 1. The van der Waals surface area contributed by atoms with Gasteiger partial charge in [-0.2, -0.15) is 4.73 Å². The molecule has 1 aliphatic rings. The van der Waals surface area contributed by atoms with Crippen molar-refractivity contribution in [2.45, 2.75) is 75.7 Å². The fourth-order valence-electron chi connectivity index (χ4n) is 4.66. The molecule has 3 atom stereocenters. The molecular formula is C32H39N3O6S. The van der Waals surface area contributed by atoms with Crippen molar-refractivity contribution in [1.29, 1.82) is 0 Å². The monoisotopic (exact) mass is 593 g/mol. The Bertz CT molecular complexity index is 1290. The average molecular weight is 594 g/mol. The Kier molecular flexibility index (Phi) is 12.2. The molecule has 10 heteroatoms. The minimum Gasteiger partial charge on any atom is -0.618 e. The molecule has 0 unspecified atom stereocenters. The summed E-state index contributed by atoms with van der Waals surface area (Å²) in [6.07, 6.45) is 4.14. The number of hydrogen-bond acceptors (Lipinski definition) is 7. The quantitative estimate of drug-likeness (QED) is 0.109. The van der Waals surface area contributed by atoms with Gasteiger partial charge in [-0.05, 0) is 35.6 Å². The number of pyridine rings is 1. The fourth-order valence-corrected chi connectivity index (χ4v) is 5.59. The Morgan fingerprint density at radius 3 is 2.40 bits per heavy atom. The Morgan fingerprint density at radius 1 is 0.952 bits per heavy atom. The second-order valence-electron chi connectivity index (χ2n) is 10.3. The van der Waals surface area contributed by atoms with Gasteiger partial charge in [0, 0.05) is 56.3 Å². The van der Waals surface area contributed by atoms with E-state index in [-0.39, 0.29) is 30.6 Å². The molecular weight excluding hydrogens is 554 g/mol. The predicted molar refractivity (Wildman–Crippen MR) is 160 cm³/mol. The smallest absolute Gasteiger partial charge is 0.251 e. The van der Waals surface area contributed by atoms with Gasteiger partial charge < -0.3 is 30.4 Å². The van der Waals surface area contributed by atoms with E-state index in [4.69, 9.17) is 9.47 Å². The number of nitrogens with zero attached hydrogens (tertiary/aromatic N) is 1. The van der Waals surface area contributed by atoms with Crippen LogP contribution < -0.4 is 15.4 Å². The van der Waals surface area contributed by atoms with Crippen molar-refractivity contribution in [3.63, 3.8) is 0 Å². The number of aromatic nitrogens is 1. The van der Waals surface area contributed by atoms with E-state index >= 15 is 0 Å². The summed E-state index contributed by atoms with van der Waals surface area (Å²) in [7, 11) is 0. The van der Waals surface area contributed by atoms with Crippen LogP contribution in [0.5, 0.6) is 0 Å². The number of benzene rings is 2. The Morgan fingerprint density at radius 2 is 1.69 bits per heavy atom. The zero-order chi connectivity index (χ0) is 29.7. The average Bonchev–Trinajstić information content (AvgIpc) is 3.01. The van der Waals surface area contributed by atoms with Gasteiger partial charge in [0.05, 0.1) is 18.8 Å². The van der Waals surface area contributed by atoms with Crippen molar-refractivity contribution in [2.75, 3.05) is 12.3 Å². The van der Waals surface area contributed by atoms with Crippen LogP contribution in [-0.2, 0) is 32.2 Å². The van der Waals surface area contributed by atoms with Crippen LogP contribution in [-0.4, -0.2) is 35.3 Å². The molecule has 9 nitrogen and oxygen atoms in total. The minimum atomic E-state index is -0.594. The van der Waals surface area contributed by atoms with Crippen LogP contribution >= 0.6 is 11.8 Å². The molecule has 42 heavy (non-hydrogen) atoms. The number of thioether (sulfide) groups is 1. The van der Waals surface area contributed by atoms with Crippen LogP contribution in [0.3, 0.4) is 0 Å². The third-order valence-corrected chi connectivity index (χ3v) is 8.17. The van der Waals surface area contributed by atoms with Crippen molar-refractivity contribution >= 4 is 23.6 Å². The van der Waals surface area contributed by atoms with Crippen LogP contribution in [0.1, 0.15) is 73.7 Å². The van der Waals surface area contributed by atoms with E-state index in [0.29, 0.717) is 36.7 Å². The molecule has 1 fully saturated rings. The summed E-state index contributed by atoms with van der Waals surface area (Å²) < 4.78 is 13.6. The normalized spacial score (nSPS) is 18.4. The Balaban J connectivity index is 1.33. The lowest BCUT2D eigenvalue weighted by Crippen LogP contribution is -2.32. The van der Waals surface area contributed by atoms with Crippen LogP contribution in [0.25, 0.3) is 0 Å². The number of unbranched alkanes of at least 4 members (excludes halogenated alkanes) is 2. The van der Waals surface area contributed by atoms with E-state index in [1.807, 2.05) is 54.6 Å². The molecule has 0 spiro atoms. The van der Waals surface area contributed by atoms with Gasteiger partial charge in [0.15, 0.2) is 12.5 Å². The Hall–Kier alpha value is -3.44. The van der Waals surface area contributed by atoms with Crippen LogP contribution in [0.15, 0.2) is 78.0 Å². The number of aliphatic hydroxyl groups is 1. The summed E-state index contributed by atoms with van der Waals surface area (Å²) in [5, 5.41) is 27.9. The number of hydrogen-bond donors (Lipinski definition) is 3. The molecule has 224 valence electrons. The summed E-state index contributed by atoms with van der Waals surface area (Å²) in [4.78, 5) is 23.1. The molecule has 3 N–H and O–H groups in total. The van der Waals surface area contributed by atoms with E-state index in [2.05, 4.69) is 10.6 Å². The topological polar surface area (TPSA) is 124 Å². The second kappa shape index (κ2) is 16.3. The third kappa shape index (κ3) is 9.84. The highest BCUT2D eigenvalue weighted by molar-refractivity contribution is 7.99. The number of ether oxygens (including phenoxy) is 2. The molecule has 1 aliphatic heterocycles. The van der Waals surface area contributed by atoms with Crippen LogP contribution in [0.4, 0.5) is 0 Å². The highest BCUT2D eigenvalue weighted by Crippen LogP contribution is 2.39. The number of amides is 2. The molecule has 0 aliphatic carbocycles. The molecule has 4 rings (SSSR count). The van der Waals surface area contributed by atoms with E-state index < -0.39 is 6.29 Å². The van der Waals surface area contributed by atoms with Crippen molar-refractivity contribution < 1.29 is 28.9 Å². The highest BCUT2D eigenvalue weighted by atomic mass is 32.2. The lowest BCUT2D eigenvalue weighted by Gasteiger charge is -2.36. The van der Waals surface area contributed by atoms with Gasteiger partial charge in [0.2, 0.25) is 11.8 Å². The van der Waals surface area contributed by atoms with Gasteiger partial charge >= 0.3 is 0 Å². The predicted octanol–water partition coefficient (Wildman–Crippen LogP) is 4.46. The molecule has 0 bridgehead atoms. The molecule has 2 heterocycles. The minimum absolute atomic E-state index is 0.00534. The van der Waals surface area contributed by atoms with Crippen LogP contribution in [0.2, 0.25) is 0 Å². The first-order valence-corrected chi connectivity index (χ1v) is 15.3. The van der Waals surface area contributed by atoms with E-state index in [1.54, 1.807) is 12.1 Å². The summed E-state index contributed by atoms with van der Waals surface area (Å²) >= 11 is 1.46. The van der Waals surface area contributed by atoms with Gasteiger partial charge in [0.25, 0.3) is 5.03 Å². The first-order valence-electron chi connectivity index (χ1n) is 14.3. The van der Waals surface area contributed by atoms with Gasteiger partial charge in [-0.15, -0.1) is 0 Å². The maximum atomic E-state index is 12.2. The number of carbonyl (C=O) groups excluding carboxylic acids is 2. The molecule has 0 radical (unpaired) electrons.